The van der Waals surface area contributed by atoms with E-state index in [2.05, 4.69) is 21.4 Å². The number of rotatable bonds is 6. The molecule has 0 saturated heterocycles. The van der Waals surface area contributed by atoms with Crippen molar-refractivity contribution in [2.75, 3.05) is 33.9 Å². The molecule has 1 heterocycles. The summed E-state index contributed by atoms with van der Waals surface area (Å²) in [5.41, 5.74) is 5.54. The maximum Gasteiger partial charge on any atom is 0.331 e. The minimum absolute atomic E-state index is 0.286. The predicted molar refractivity (Wildman–Crippen MR) is 73.6 cm³/mol. The van der Waals surface area contributed by atoms with E-state index in [4.69, 9.17) is 10.6 Å². The molecular formula is C10H25N7O2. The van der Waals surface area contributed by atoms with Crippen molar-refractivity contribution in [2.24, 2.45) is 10.9 Å². The molecule has 0 fully saturated rings. The van der Waals surface area contributed by atoms with Gasteiger partial charge in [0.25, 0.3) is 0 Å². The molecule has 0 aromatic heterocycles. The molecule has 1 rings (SSSR count). The van der Waals surface area contributed by atoms with E-state index < -0.39 is 0 Å². The SMILES string of the molecule is CC.COCCCN(N)C(=O)NCC1=NNN(C)N1. The van der Waals surface area contributed by atoms with Crippen molar-refractivity contribution in [3.05, 3.63) is 0 Å². The second kappa shape index (κ2) is 10.4. The van der Waals surface area contributed by atoms with Gasteiger partial charge in [-0.3, -0.25) is 10.4 Å². The van der Waals surface area contributed by atoms with Crippen LogP contribution in [-0.4, -0.2) is 55.8 Å². The van der Waals surface area contributed by atoms with Gasteiger partial charge < -0.3 is 10.1 Å². The van der Waals surface area contributed by atoms with Crippen LogP contribution >= 0.6 is 0 Å². The largest absolute Gasteiger partial charge is 0.385 e. The van der Waals surface area contributed by atoms with Gasteiger partial charge in [0.15, 0.2) is 5.84 Å². The zero-order chi connectivity index (χ0) is 14.7. The molecule has 5 N–H and O–H groups in total. The summed E-state index contributed by atoms with van der Waals surface area (Å²) in [6.45, 7) is 5.30. The Morgan fingerprint density at radius 1 is 1.58 bits per heavy atom. The van der Waals surface area contributed by atoms with Crippen LogP contribution in [0.4, 0.5) is 4.79 Å². The number of nitrogens with zero attached hydrogens (tertiary/aromatic N) is 3. The molecule has 19 heavy (non-hydrogen) atoms. The highest BCUT2D eigenvalue weighted by atomic mass is 16.5. The summed E-state index contributed by atoms with van der Waals surface area (Å²) >= 11 is 0. The quantitative estimate of drug-likeness (QED) is 0.219. The van der Waals surface area contributed by atoms with Crippen LogP contribution < -0.4 is 22.1 Å². The first-order valence-electron chi connectivity index (χ1n) is 6.25. The number of carbonyl (C=O) groups is 1. The Labute approximate surface area is 114 Å². The molecule has 9 heteroatoms. The molecule has 2 amide bonds. The predicted octanol–water partition coefficient (Wildman–Crippen LogP) is -0.797. The van der Waals surface area contributed by atoms with Crippen LogP contribution in [0.1, 0.15) is 20.3 Å². The van der Waals surface area contributed by atoms with Crippen LogP contribution in [0.25, 0.3) is 0 Å². The third-order valence-electron chi connectivity index (χ3n) is 2.05. The fraction of sp³-hybridized carbons (Fsp3) is 0.800. The standard InChI is InChI=1S/C8H19N7O2.C2H6/c1-14-12-7(11-13-14)6-10-8(16)15(9)4-3-5-17-2;1-2/h13H,3-6,9H2,1-2H3,(H,10,16)(H,11,12);1-2H3. The summed E-state index contributed by atoms with van der Waals surface area (Å²) < 4.78 is 4.87. The lowest BCUT2D eigenvalue weighted by Gasteiger charge is -2.17. The number of methoxy groups -OCH3 is 1. The van der Waals surface area contributed by atoms with E-state index in [9.17, 15) is 4.79 Å². The molecule has 0 saturated carbocycles. The van der Waals surface area contributed by atoms with Crippen LogP contribution in [0.3, 0.4) is 0 Å². The first-order valence-corrected chi connectivity index (χ1v) is 6.25. The number of urea groups is 1. The van der Waals surface area contributed by atoms with Gasteiger partial charge in [-0.05, 0) is 6.42 Å². The Balaban J connectivity index is 0.00000154. The molecule has 0 aliphatic carbocycles. The molecule has 9 nitrogen and oxygen atoms in total. The molecule has 1 aliphatic heterocycles. The second-order valence-electron chi connectivity index (χ2n) is 3.53. The third-order valence-corrected chi connectivity index (χ3v) is 2.05. The Bertz CT molecular complexity index is 285. The smallest absolute Gasteiger partial charge is 0.331 e. The number of hydrogen-bond donors (Lipinski definition) is 4. The van der Waals surface area contributed by atoms with Crippen molar-refractivity contribution in [1.82, 2.24) is 26.4 Å². The van der Waals surface area contributed by atoms with Crippen molar-refractivity contribution in [3.63, 3.8) is 0 Å². The Kier molecular flexibility index (Phi) is 9.49. The molecular weight excluding hydrogens is 250 g/mol. The topological polar surface area (TPSA) is 107 Å². The van der Waals surface area contributed by atoms with Crippen molar-refractivity contribution < 1.29 is 9.53 Å². The molecule has 0 spiro atoms. The molecule has 0 aromatic rings. The number of nitrogens with two attached hydrogens (primary N) is 1. The average Bonchev–Trinajstić information content (AvgIpc) is 2.84. The molecule has 0 aromatic carbocycles. The number of nitrogens with one attached hydrogen (secondary N) is 3. The number of hydrogen-bond acceptors (Lipinski definition) is 7. The molecule has 1 aliphatic rings. The van der Waals surface area contributed by atoms with Crippen LogP contribution in [0.15, 0.2) is 5.10 Å². The van der Waals surface area contributed by atoms with E-state index in [1.807, 2.05) is 13.8 Å². The zero-order valence-electron chi connectivity index (χ0n) is 12.1. The Morgan fingerprint density at radius 2 is 2.26 bits per heavy atom. The van der Waals surface area contributed by atoms with Gasteiger partial charge in [-0.1, -0.05) is 13.8 Å². The van der Waals surface area contributed by atoms with Gasteiger partial charge in [0.05, 0.1) is 6.54 Å². The first kappa shape index (κ1) is 17.4. The maximum atomic E-state index is 11.5. The summed E-state index contributed by atoms with van der Waals surface area (Å²) in [5, 5.41) is 9.23. The van der Waals surface area contributed by atoms with Gasteiger partial charge in [0.1, 0.15) is 0 Å². The second-order valence-corrected chi connectivity index (χ2v) is 3.53. The van der Waals surface area contributed by atoms with E-state index in [1.165, 1.54) is 0 Å². The zero-order valence-corrected chi connectivity index (χ0v) is 12.1. The van der Waals surface area contributed by atoms with Crippen LogP contribution in [-0.2, 0) is 4.74 Å². The monoisotopic (exact) mass is 275 g/mol. The van der Waals surface area contributed by atoms with E-state index in [-0.39, 0.29) is 12.6 Å². The highest BCUT2D eigenvalue weighted by molar-refractivity contribution is 5.87. The van der Waals surface area contributed by atoms with E-state index in [0.717, 1.165) is 5.01 Å². The Morgan fingerprint density at radius 3 is 2.79 bits per heavy atom. The highest BCUT2D eigenvalue weighted by Crippen LogP contribution is 1.87. The lowest BCUT2D eigenvalue weighted by Crippen LogP contribution is -2.48. The Hall–Kier alpha value is -1.58. The fourth-order valence-corrected chi connectivity index (χ4v) is 1.20. The van der Waals surface area contributed by atoms with Gasteiger partial charge in [0, 0.05) is 27.3 Å². The minimum atomic E-state index is -0.347. The van der Waals surface area contributed by atoms with Crippen molar-refractivity contribution in [1.29, 1.82) is 0 Å². The average molecular weight is 275 g/mol. The molecule has 0 bridgehead atoms. The molecule has 0 unspecified atom stereocenters. The summed E-state index contributed by atoms with van der Waals surface area (Å²) in [7, 11) is 3.37. The van der Waals surface area contributed by atoms with Gasteiger partial charge in [0.2, 0.25) is 0 Å². The van der Waals surface area contributed by atoms with Gasteiger partial charge in [-0.15, -0.1) is 10.2 Å². The number of hydrazine groups is 3. The third kappa shape index (κ3) is 7.44. The number of hydrazone groups is 1. The van der Waals surface area contributed by atoms with Gasteiger partial charge in [-0.2, -0.15) is 0 Å². The van der Waals surface area contributed by atoms with Crippen LogP contribution in [0.2, 0.25) is 0 Å². The summed E-state index contributed by atoms with van der Waals surface area (Å²) in [4.78, 5) is 11.5. The highest BCUT2D eigenvalue weighted by Gasteiger charge is 2.13. The van der Waals surface area contributed by atoms with E-state index in [1.54, 1.807) is 19.3 Å². The number of amidine groups is 1. The maximum absolute atomic E-state index is 11.5. The lowest BCUT2D eigenvalue weighted by atomic mass is 10.4. The van der Waals surface area contributed by atoms with Crippen LogP contribution in [0.5, 0.6) is 0 Å². The fourth-order valence-electron chi connectivity index (χ4n) is 1.20. The van der Waals surface area contributed by atoms with Gasteiger partial charge in [-0.25, -0.2) is 16.2 Å². The van der Waals surface area contributed by atoms with Crippen molar-refractivity contribution in [2.45, 2.75) is 20.3 Å². The van der Waals surface area contributed by atoms with Crippen molar-refractivity contribution >= 4 is 11.9 Å². The molecule has 112 valence electrons. The number of carbonyl (C=O) groups excluding carboxylic acids is 1. The minimum Gasteiger partial charge on any atom is -0.385 e. The van der Waals surface area contributed by atoms with Crippen LogP contribution in [0, 0.1) is 0 Å². The summed E-state index contributed by atoms with van der Waals surface area (Å²) in [6.07, 6.45) is 0.698. The van der Waals surface area contributed by atoms with E-state index >= 15 is 0 Å². The lowest BCUT2D eigenvalue weighted by molar-refractivity contribution is 0.169. The van der Waals surface area contributed by atoms with Crippen molar-refractivity contribution in [3.8, 4) is 0 Å². The molecule has 0 atom stereocenters. The molecule has 0 radical (unpaired) electrons. The first-order chi connectivity index (χ1) is 9.13. The number of ether oxygens (including phenoxy) is 1. The summed E-state index contributed by atoms with van der Waals surface area (Å²) in [5.74, 6) is 6.17. The summed E-state index contributed by atoms with van der Waals surface area (Å²) in [6, 6.07) is -0.347. The van der Waals surface area contributed by atoms with Gasteiger partial charge >= 0.3 is 6.03 Å². The van der Waals surface area contributed by atoms with E-state index in [0.29, 0.717) is 25.4 Å². The normalized spacial score (nSPS) is 13.6. The number of amides is 2.